The number of alkyl halides is 3. The van der Waals surface area contributed by atoms with E-state index >= 15 is 0 Å². The van der Waals surface area contributed by atoms with Crippen LogP contribution < -0.4 is 5.32 Å². The van der Waals surface area contributed by atoms with Crippen molar-refractivity contribution in [2.24, 2.45) is 0 Å². The van der Waals surface area contributed by atoms with Crippen molar-refractivity contribution in [1.29, 1.82) is 0 Å². The molecular weight excluding hydrogens is 331 g/mol. The molecule has 2 N–H and O–H groups in total. The molecule has 1 aromatic heterocycles. The van der Waals surface area contributed by atoms with Crippen LogP contribution in [0.1, 0.15) is 23.7 Å². The Morgan fingerprint density at radius 3 is 2.70 bits per heavy atom. The standard InChI is InChI=1S/C15H17ClF3N3O/c1-9(23)7-20-8-13-10(2)21-22(14(13)16)12-5-3-4-11(6-12)15(17,18)19/h3-6,9,20,23H,7-8H2,1-2H3. The van der Waals surface area contributed by atoms with Crippen LogP contribution in [0.15, 0.2) is 24.3 Å². The summed E-state index contributed by atoms with van der Waals surface area (Å²) in [6.07, 6.45) is -4.93. The van der Waals surface area contributed by atoms with Gasteiger partial charge < -0.3 is 10.4 Å². The second-order valence-electron chi connectivity index (χ2n) is 5.29. The molecule has 2 rings (SSSR count). The normalized spacial score (nSPS) is 13.3. The first-order chi connectivity index (χ1) is 10.7. The lowest BCUT2D eigenvalue weighted by Gasteiger charge is -2.10. The van der Waals surface area contributed by atoms with Crippen LogP contribution in [0.25, 0.3) is 5.69 Å². The van der Waals surface area contributed by atoms with Gasteiger partial charge >= 0.3 is 6.18 Å². The first-order valence-electron chi connectivity index (χ1n) is 7.00. The minimum absolute atomic E-state index is 0.245. The maximum absolute atomic E-state index is 12.8. The largest absolute Gasteiger partial charge is 0.416 e. The highest BCUT2D eigenvalue weighted by atomic mass is 35.5. The Balaban J connectivity index is 2.31. The summed E-state index contributed by atoms with van der Waals surface area (Å²) in [7, 11) is 0. The summed E-state index contributed by atoms with van der Waals surface area (Å²) >= 11 is 6.26. The van der Waals surface area contributed by atoms with E-state index in [4.69, 9.17) is 11.6 Å². The van der Waals surface area contributed by atoms with Gasteiger partial charge in [-0.15, -0.1) is 0 Å². The van der Waals surface area contributed by atoms with E-state index in [1.165, 1.54) is 16.8 Å². The van der Waals surface area contributed by atoms with E-state index in [2.05, 4.69) is 10.4 Å². The lowest BCUT2D eigenvalue weighted by atomic mass is 10.2. The van der Waals surface area contributed by atoms with Crippen molar-refractivity contribution in [1.82, 2.24) is 15.1 Å². The van der Waals surface area contributed by atoms with Crippen LogP contribution in [-0.2, 0) is 12.7 Å². The van der Waals surface area contributed by atoms with E-state index in [1.807, 2.05) is 0 Å². The second-order valence-corrected chi connectivity index (χ2v) is 5.65. The number of nitrogens with one attached hydrogen (secondary N) is 1. The summed E-state index contributed by atoms with van der Waals surface area (Å²) in [5, 5.41) is 16.7. The zero-order valence-corrected chi connectivity index (χ0v) is 13.4. The molecule has 23 heavy (non-hydrogen) atoms. The van der Waals surface area contributed by atoms with Crippen LogP contribution in [-0.4, -0.2) is 27.5 Å². The van der Waals surface area contributed by atoms with Gasteiger partial charge in [-0.1, -0.05) is 17.7 Å². The van der Waals surface area contributed by atoms with Crippen molar-refractivity contribution in [3.05, 3.63) is 46.2 Å². The maximum Gasteiger partial charge on any atom is 0.416 e. The molecule has 2 aromatic rings. The minimum atomic E-state index is -4.42. The van der Waals surface area contributed by atoms with E-state index in [-0.39, 0.29) is 10.8 Å². The average Bonchev–Trinajstić information content (AvgIpc) is 2.74. The SMILES string of the molecule is Cc1nn(-c2cccc(C(F)(F)F)c2)c(Cl)c1CNCC(C)O. The number of aliphatic hydroxyl groups is 1. The number of nitrogens with zero attached hydrogens (tertiary/aromatic N) is 2. The van der Waals surface area contributed by atoms with Crippen molar-refractivity contribution in [3.63, 3.8) is 0 Å². The molecule has 126 valence electrons. The van der Waals surface area contributed by atoms with Gasteiger partial charge in [0.25, 0.3) is 0 Å². The summed E-state index contributed by atoms with van der Waals surface area (Å²) in [6.45, 7) is 4.13. The second kappa shape index (κ2) is 6.90. The summed E-state index contributed by atoms with van der Waals surface area (Å²) in [5.74, 6) is 0. The fourth-order valence-corrected chi connectivity index (χ4v) is 2.46. The van der Waals surface area contributed by atoms with Crippen molar-refractivity contribution in [2.75, 3.05) is 6.54 Å². The van der Waals surface area contributed by atoms with Gasteiger partial charge in [0.05, 0.1) is 23.0 Å². The van der Waals surface area contributed by atoms with Gasteiger partial charge in [0.2, 0.25) is 0 Å². The van der Waals surface area contributed by atoms with Gasteiger partial charge in [0, 0.05) is 18.7 Å². The summed E-state index contributed by atoms with van der Waals surface area (Å²) < 4.78 is 39.7. The highest BCUT2D eigenvalue weighted by molar-refractivity contribution is 6.30. The van der Waals surface area contributed by atoms with Gasteiger partial charge in [0.15, 0.2) is 0 Å². The Kier molecular flexibility index (Phi) is 5.33. The summed E-state index contributed by atoms with van der Waals surface area (Å²) in [5.41, 5.74) is 0.790. The molecule has 0 saturated carbocycles. The van der Waals surface area contributed by atoms with E-state index in [9.17, 15) is 18.3 Å². The number of aryl methyl sites for hydroxylation is 1. The number of aromatic nitrogens is 2. The Bertz CT molecular complexity index is 683. The van der Waals surface area contributed by atoms with Gasteiger partial charge in [0.1, 0.15) is 5.15 Å². The molecule has 1 heterocycles. The van der Waals surface area contributed by atoms with E-state index < -0.39 is 17.8 Å². The number of hydrogen-bond donors (Lipinski definition) is 2. The Labute approximate surface area is 136 Å². The van der Waals surface area contributed by atoms with Gasteiger partial charge in [-0.05, 0) is 32.0 Å². The Morgan fingerprint density at radius 1 is 1.39 bits per heavy atom. The lowest BCUT2D eigenvalue weighted by molar-refractivity contribution is -0.137. The van der Waals surface area contributed by atoms with Crippen molar-refractivity contribution in [2.45, 2.75) is 32.7 Å². The number of rotatable bonds is 5. The van der Waals surface area contributed by atoms with Crippen LogP contribution in [0, 0.1) is 6.92 Å². The molecule has 0 radical (unpaired) electrons. The molecule has 0 aliphatic heterocycles. The molecule has 0 bridgehead atoms. The molecule has 0 amide bonds. The smallest absolute Gasteiger partial charge is 0.392 e. The third-order valence-electron chi connectivity index (χ3n) is 3.28. The molecule has 4 nitrogen and oxygen atoms in total. The quantitative estimate of drug-likeness (QED) is 0.872. The van der Waals surface area contributed by atoms with Gasteiger partial charge in [-0.3, -0.25) is 0 Å². The Morgan fingerprint density at radius 2 is 2.09 bits per heavy atom. The molecule has 0 spiro atoms. The van der Waals surface area contributed by atoms with Crippen molar-refractivity contribution < 1.29 is 18.3 Å². The van der Waals surface area contributed by atoms with E-state index in [1.54, 1.807) is 13.8 Å². The fourth-order valence-electron chi connectivity index (χ4n) is 2.12. The zero-order chi connectivity index (χ0) is 17.2. The fraction of sp³-hybridized carbons (Fsp3) is 0.400. The molecule has 1 unspecified atom stereocenters. The monoisotopic (exact) mass is 347 g/mol. The predicted octanol–water partition coefficient (Wildman–Crippen LogP) is 3.32. The Hall–Kier alpha value is -1.57. The lowest BCUT2D eigenvalue weighted by Crippen LogP contribution is -2.24. The van der Waals surface area contributed by atoms with Crippen molar-refractivity contribution >= 4 is 11.6 Å². The molecule has 0 saturated heterocycles. The third kappa shape index (κ3) is 4.25. The summed E-state index contributed by atoms with van der Waals surface area (Å²) in [6, 6.07) is 4.83. The molecule has 0 aliphatic rings. The molecule has 0 aliphatic carbocycles. The van der Waals surface area contributed by atoms with E-state index in [0.29, 0.717) is 24.3 Å². The van der Waals surface area contributed by atoms with Crippen LogP contribution in [0.3, 0.4) is 0 Å². The average molecular weight is 348 g/mol. The third-order valence-corrected chi connectivity index (χ3v) is 3.67. The zero-order valence-electron chi connectivity index (χ0n) is 12.7. The van der Waals surface area contributed by atoms with Crippen LogP contribution in [0.4, 0.5) is 13.2 Å². The molecule has 8 heteroatoms. The highest BCUT2D eigenvalue weighted by Gasteiger charge is 2.30. The van der Waals surface area contributed by atoms with Crippen LogP contribution >= 0.6 is 11.6 Å². The first kappa shape index (κ1) is 17.8. The number of benzene rings is 1. The molecule has 0 fully saturated rings. The van der Waals surface area contributed by atoms with Crippen molar-refractivity contribution in [3.8, 4) is 5.69 Å². The molecular formula is C15H17ClF3N3O. The van der Waals surface area contributed by atoms with Crippen LogP contribution in [0.5, 0.6) is 0 Å². The number of halogens is 4. The predicted molar refractivity (Wildman–Crippen MR) is 81.7 cm³/mol. The summed E-state index contributed by atoms with van der Waals surface area (Å²) in [4.78, 5) is 0. The van der Waals surface area contributed by atoms with Gasteiger partial charge in [-0.2, -0.15) is 18.3 Å². The topological polar surface area (TPSA) is 50.1 Å². The minimum Gasteiger partial charge on any atom is -0.392 e. The maximum atomic E-state index is 12.8. The van der Waals surface area contributed by atoms with Gasteiger partial charge in [-0.25, -0.2) is 4.68 Å². The van der Waals surface area contributed by atoms with Crippen LogP contribution in [0.2, 0.25) is 5.15 Å². The number of aliphatic hydroxyl groups excluding tert-OH is 1. The first-order valence-corrected chi connectivity index (χ1v) is 7.38. The number of hydrogen-bond acceptors (Lipinski definition) is 3. The highest BCUT2D eigenvalue weighted by Crippen LogP contribution is 2.31. The molecule has 1 atom stereocenters. The van der Waals surface area contributed by atoms with E-state index in [0.717, 1.165) is 12.1 Å². The molecule has 1 aromatic carbocycles.